The Balaban J connectivity index is 2.26. The maximum Gasteiger partial charge on any atom is 0.317 e. The van der Waals surface area contributed by atoms with Gasteiger partial charge in [0.2, 0.25) is 5.91 Å². The number of carboxylic acid groups (broad SMARTS) is 1. The molecule has 1 heterocycles. The monoisotopic (exact) mass is 299 g/mol. The molecule has 1 rings (SSSR count). The zero-order valence-electron chi connectivity index (χ0n) is 12.8. The topological polar surface area (TPSA) is 90.0 Å². The van der Waals surface area contributed by atoms with Gasteiger partial charge in [0.1, 0.15) is 0 Å². The van der Waals surface area contributed by atoms with Crippen LogP contribution in [0.5, 0.6) is 0 Å². The van der Waals surface area contributed by atoms with Crippen LogP contribution in [0.15, 0.2) is 0 Å². The number of rotatable bonds is 6. The summed E-state index contributed by atoms with van der Waals surface area (Å²) in [5.74, 6) is -1.11. The molecule has 3 amide bonds. The maximum absolute atomic E-state index is 11.9. The number of carbonyl (C=O) groups is 3. The summed E-state index contributed by atoms with van der Waals surface area (Å²) in [5, 5.41) is 11.6. The standard InChI is InChI=1S/C14H25N3O4/c1-3-16(4-2)12(18)5-8-15-14(21)17-9-6-11(7-10-17)13(19)20/h11H,3-10H2,1-2H3,(H,15,21)(H,19,20). The van der Waals surface area contributed by atoms with Crippen molar-refractivity contribution in [1.29, 1.82) is 0 Å². The first-order valence-electron chi connectivity index (χ1n) is 7.52. The van der Waals surface area contributed by atoms with Crippen molar-refractivity contribution >= 4 is 17.9 Å². The van der Waals surface area contributed by atoms with Crippen LogP contribution in [0, 0.1) is 5.92 Å². The molecule has 0 aromatic rings. The van der Waals surface area contributed by atoms with Crippen molar-refractivity contribution in [1.82, 2.24) is 15.1 Å². The first-order valence-corrected chi connectivity index (χ1v) is 7.52. The highest BCUT2D eigenvalue weighted by atomic mass is 16.4. The molecule has 0 aliphatic carbocycles. The minimum Gasteiger partial charge on any atom is -0.481 e. The Morgan fingerprint density at radius 1 is 1.19 bits per heavy atom. The summed E-state index contributed by atoms with van der Waals surface area (Å²) in [7, 11) is 0. The molecule has 0 atom stereocenters. The zero-order chi connectivity index (χ0) is 15.8. The molecular weight excluding hydrogens is 274 g/mol. The lowest BCUT2D eigenvalue weighted by molar-refractivity contribution is -0.143. The van der Waals surface area contributed by atoms with Crippen molar-refractivity contribution in [2.45, 2.75) is 33.1 Å². The third-order valence-corrected chi connectivity index (χ3v) is 3.86. The fourth-order valence-electron chi connectivity index (χ4n) is 2.45. The Labute approximate surface area is 125 Å². The fraction of sp³-hybridized carbons (Fsp3) is 0.786. The number of likely N-dealkylation sites (tertiary alicyclic amines) is 1. The van der Waals surface area contributed by atoms with E-state index in [1.54, 1.807) is 9.80 Å². The van der Waals surface area contributed by atoms with Crippen LogP contribution in [0.2, 0.25) is 0 Å². The van der Waals surface area contributed by atoms with Crippen LogP contribution in [0.3, 0.4) is 0 Å². The normalized spacial score (nSPS) is 15.6. The van der Waals surface area contributed by atoms with E-state index in [0.717, 1.165) is 0 Å². The first-order chi connectivity index (χ1) is 9.99. The summed E-state index contributed by atoms with van der Waals surface area (Å²) in [5.41, 5.74) is 0. The van der Waals surface area contributed by atoms with E-state index in [1.807, 2.05) is 13.8 Å². The van der Waals surface area contributed by atoms with Gasteiger partial charge in [-0.05, 0) is 26.7 Å². The third-order valence-electron chi connectivity index (χ3n) is 3.86. The number of aliphatic carboxylic acids is 1. The summed E-state index contributed by atoms with van der Waals surface area (Å²) in [6.45, 7) is 6.41. The molecular formula is C14H25N3O4. The minimum atomic E-state index is -0.792. The van der Waals surface area contributed by atoms with Gasteiger partial charge in [-0.15, -0.1) is 0 Å². The number of piperidine rings is 1. The quantitative estimate of drug-likeness (QED) is 0.757. The summed E-state index contributed by atoms with van der Waals surface area (Å²) < 4.78 is 0. The van der Waals surface area contributed by atoms with Crippen molar-refractivity contribution < 1.29 is 19.5 Å². The Morgan fingerprint density at radius 2 is 1.76 bits per heavy atom. The number of carboxylic acids is 1. The highest BCUT2D eigenvalue weighted by Crippen LogP contribution is 2.17. The second-order valence-electron chi connectivity index (χ2n) is 5.15. The van der Waals surface area contributed by atoms with E-state index in [-0.39, 0.29) is 17.9 Å². The molecule has 1 aliphatic heterocycles. The van der Waals surface area contributed by atoms with Gasteiger partial charge in [0.05, 0.1) is 5.92 Å². The SMILES string of the molecule is CCN(CC)C(=O)CCNC(=O)N1CCC(C(=O)O)CC1. The number of amides is 3. The predicted octanol–water partition coefficient (Wildman–Crippen LogP) is 0.751. The van der Waals surface area contributed by atoms with E-state index >= 15 is 0 Å². The number of hydrogen-bond donors (Lipinski definition) is 2. The largest absolute Gasteiger partial charge is 0.481 e. The minimum absolute atomic E-state index is 0.0323. The smallest absolute Gasteiger partial charge is 0.317 e. The van der Waals surface area contributed by atoms with Crippen molar-refractivity contribution in [3.63, 3.8) is 0 Å². The number of nitrogens with zero attached hydrogens (tertiary/aromatic N) is 2. The van der Waals surface area contributed by atoms with E-state index in [9.17, 15) is 14.4 Å². The van der Waals surface area contributed by atoms with E-state index in [0.29, 0.717) is 52.0 Å². The molecule has 0 aromatic carbocycles. The molecule has 0 saturated carbocycles. The van der Waals surface area contributed by atoms with E-state index in [4.69, 9.17) is 5.11 Å². The molecule has 1 aliphatic rings. The second kappa shape index (κ2) is 8.49. The van der Waals surface area contributed by atoms with E-state index in [2.05, 4.69) is 5.32 Å². The Kier molecular flexibility index (Phi) is 6.98. The molecule has 21 heavy (non-hydrogen) atoms. The average molecular weight is 299 g/mol. The maximum atomic E-state index is 11.9. The van der Waals surface area contributed by atoms with Gasteiger partial charge in [-0.1, -0.05) is 0 Å². The lowest BCUT2D eigenvalue weighted by Gasteiger charge is -2.30. The van der Waals surface area contributed by atoms with Crippen LogP contribution in [0.1, 0.15) is 33.1 Å². The van der Waals surface area contributed by atoms with Crippen molar-refractivity contribution in [3.05, 3.63) is 0 Å². The van der Waals surface area contributed by atoms with Crippen molar-refractivity contribution in [3.8, 4) is 0 Å². The Hall–Kier alpha value is -1.79. The molecule has 0 aromatic heterocycles. The molecule has 7 nitrogen and oxygen atoms in total. The Bertz CT molecular complexity index is 374. The first kappa shape index (κ1) is 17.3. The van der Waals surface area contributed by atoms with E-state index < -0.39 is 5.97 Å². The highest BCUT2D eigenvalue weighted by Gasteiger charge is 2.26. The van der Waals surface area contributed by atoms with Gasteiger partial charge in [-0.25, -0.2) is 4.79 Å². The zero-order valence-corrected chi connectivity index (χ0v) is 12.8. The number of carbonyl (C=O) groups excluding carboxylic acids is 2. The number of hydrogen-bond acceptors (Lipinski definition) is 3. The van der Waals surface area contributed by atoms with Crippen molar-refractivity contribution in [2.75, 3.05) is 32.7 Å². The van der Waals surface area contributed by atoms with Crippen LogP contribution in [0.4, 0.5) is 4.79 Å². The summed E-state index contributed by atoms with van der Waals surface area (Å²) in [6.07, 6.45) is 1.27. The summed E-state index contributed by atoms with van der Waals surface area (Å²) in [4.78, 5) is 37.9. The van der Waals surface area contributed by atoms with Crippen LogP contribution in [-0.2, 0) is 9.59 Å². The number of nitrogens with one attached hydrogen (secondary N) is 1. The van der Waals surface area contributed by atoms with Crippen LogP contribution < -0.4 is 5.32 Å². The molecule has 0 spiro atoms. The van der Waals surface area contributed by atoms with Crippen LogP contribution in [-0.4, -0.2) is 65.5 Å². The second-order valence-corrected chi connectivity index (χ2v) is 5.15. The third kappa shape index (κ3) is 5.24. The van der Waals surface area contributed by atoms with Crippen molar-refractivity contribution in [2.24, 2.45) is 5.92 Å². The van der Waals surface area contributed by atoms with Crippen LogP contribution in [0.25, 0.3) is 0 Å². The fourth-order valence-corrected chi connectivity index (χ4v) is 2.45. The van der Waals surface area contributed by atoms with Gasteiger partial charge in [0.15, 0.2) is 0 Å². The lowest BCUT2D eigenvalue weighted by Crippen LogP contribution is -2.46. The summed E-state index contributed by atoms with van der Waals surface area (Å²) >= 11 is 0. The van der Waals surface area contributed by atoms with Gasteiger partial charge in [0.25, 0.3) is 0 Å². The molecule has 0 radical (unpaired) electrons. The highest BCUT2D eigenvalue weighted by molar-refractivity contribution is 5.78. The molecule has 0 unspecified atom stereocenters. The molecule has 0 bridgehead atoms. The van der Waals surface area contributed by atoms with Gasteiger partial charge in [0, 0.05) is 39.1 Å². The number of urea groups is 1. The van der Waals surface area contributed by atoms with Gasteiger partial charge >= 0.3 is 12.0 Å². The van der Waals surface area contributed by atoms with E-state index in [1.165, 1.54) is 0 Å². The summed E-state index contributed by atoms with van der Waals surface area (Å²) in [6, 6.07) is -0.216. The van der Waals surface area contributed by atoms with Gasteiger partial charge in [-0.2, -0.15) is 0 Å². The van der Waals surface area contributed by atoms with Gasteiger partial charge in [-0.3, -0.25) is 9.59 Å². The van der Waals surface area contributed by atoms with Crippen LogP contribution >= 0.6 is 0 Å². The molecule has 120 valence electrons. The Morgan fingerprint density at radius 3 is 2.24 bits per heavy atom. The molecule has 7 heteroatoms. The van der Waals surface area contributed by atoms with Gasteiger partial charge < -0.3 is 20.2 Å². The molecule has 1 saturated heterocycles. The average Bonchev–Trinajstić information content (AvgIpc) is 2.48. The predicted molar refractivity (Wildman–Crippen MR) is 77.9 cm³/mol. The molecule has 1 fully saturated rings. The molecule has 2 N–H and O–H groups in total. The lowest BCUT2D eigenvalue weighted by atomic mass is 9.97.